The van der Waals surface area contributed by atoms with Gasteiger partial charge in [0.2, 0.25) is 0 Å². The summed E-state index contributed by atoms with van der Waals surface area (Å²) >= 11 is 6.05. The lowest BCUT2D eigenvalue weighted by Crippen LogP contribution is -2.53. The van der Waals surface area contributed by atoms with Gasteiger partial charge in [0.05, 0.1) is 5.02 Å². The molecular formula is C17H20ClFN2O3. The van der Waals surface area contributed by atoms with Crippen molar-refractivity contribution in [2.75, 3.05) is 26.2 Å². The molecule has 24 heavy (non-hydrogen) atoms. The van der Waals surface area contributed by atoms with Crippen molar-refractivity contribution in [1.82, 2.24) is 10.2 Å². The number of carbonyl (C=O) groups excluding carboxylic acids is 1. The minimum atomic E-state index is -0.602. The average Bonchev–Trinajstić information content (AvgIpc) is 2.58. The maximum Gasteiger partial charge on any atom is 0.410 e. The molecule has 1 aromatic carbocycles. The number of piperazine rings is 1. The van der Waals surface area contributed by atoms with E-state index in [0.29, 0.717) is 13.1 Å². The number of benzene rings is 1. The molecule has 1 saturated heterocycles. The summed E-state index contributed by atoms with van der Waals surface area (Å²) in [4.78, 5) is 13.9. The Morgan fingerprint density at radius 3 is 3.04 bits per heavy atom. The van der Waals surface area contributed by atoms with Crippen molar-refractivity contribution in [2.45, 2.75) is 26.0 Å². The second-order valence-corrected chi connectivity index (χ2v) is 5.78. The second-order valence-electron chi connectivity index (χ2n) is 5.37. The summed E-state index contributed by atoms with van der Waals surface area (Å²) in [6.07, 6.45) is 5.44. The first-order chi connectivity index (χ1) is 11.6. The number of ether oxygens (including phenoxy) is 2. The topological polar surface area (TPSA) is 50.8 Å². The number of nitrogens with zero attached hydrogens (tertiary/aromatic N) is 1. The molecule has 1 aliphatic heterocycles. The minimum Gasteiger partial charge on any atom is -0.481 e. The molecule has 1 amide bonds. The van der Waals surface area contributed by atoms with Crippen LogP contribution in [0.4, 0.5) is 9.18 Å². The zero-order valence-electron chi connectivity index (χ0n) is 13.5. The lowest BCUT2D eigenvalue weighted by molar-refractivity contribution is 0.0707. The second kappa shape index (κ2) is 8.76. The van der Waals surface area contributed by atoms with Crippen molar-refractivity contribution in [1.29, 1.82) is 0 Å². The minimum absolute atomic E-state index is 0.0193. The normalized spacial score (nSPS) is 17.2. The highest BCUT2D eigenvalue weighted by molar-refractivity contribution is 6.31. The van der Waals surface area contributed by atoms with Crippen LogP contribution in [-0.2, 0) is 11.3 Å². The fourth-order valence-corrected chi connectivity index (χ4v) is 2.76. The molecule has 0 bridgehead atoms. The largest absolute Gasteiger partial charge is 0.481 e. The van der Waals surface area contributed by atoms with E-state index in [0.717, 1.165) is 13.0 Å². The Bertz CT molecular complexity index is 610. The molecule has 1 N–H and O–H groups in total. The van der Waals surface area contributed by atoms with Gasteiger partial charge in [0.1, 0.15) is 24.8 Å². The van der Waals surface area contributed by atoms with Gasteiger partial charge < -0.3 is 19.7 Å². The van der Waals surface area contributed by atoms with E-state index in [9.17, 15) is 9.18 Å². The van der Waals surface area contributed by atoms with Crippen molar-refractivity contribution < 1.29 is 18.7 Å². The molecule has 0 aliphatic carbocycles. The van der Waals surface area contributed by atoms with Crippen LogP contribution in [0.1, 0.15) is 18.9 Å². The SMILES string of the molecule is C#CCOc1cc(F)c(COC(=O)N2CCNC[C@H]2CC)c(Cl)c1. The lowest BCUT2D eigenvalue weighted by Gasteiger charge is -2.34. The van der Waals surface area contributed by atoms with Crippen molar-refractivity contribution in [3.8, 4) is 18.1 Å². The monoisotopic (exact) mass is 354 g/mol. The third-order valence-electron chi connectivity index (χ3n) is 3.83. The Hall–Kier alpha value is -1.97. The van der Waals surface area contributed by atoms with Gasteiger partial charge in [-0.15, -0.1) is 6.42 Å². The number of terminal acetylenes is 1. The lowest BCUT2D eigenvalue weighted by atomic mass is 10.1. The van der Waals surface area contributed by atoms with E-state index in [4.69, 9.17) is 27.5 Å². The third-order valence-corrected chi connectivity index (χ3v) is 4.17. The van der Waals surface area contributed by atoms with Crippen LogP contribution in [0.15, 0.2) is 12.1 Å². The first-order valence-corrected chi connectivity index (χ1v) is 8.12. The number of nitrogens with one attached hydrogen (secondary N) is 1. The molecular weight excluding hydrogens is 335 g/mol. The highest BCUT2D eigenvalue weighted by atomic mass is 35.5. The zero-order chi connectivity index (χ0) is 17.5. The molecule has 0 unspecified atom stereocenters. The molecule has 7 heteroatoms. The number of amides is 1. The van der Waals surface area contributed by atoms with Crippen LogP contribution in [0.2, 0.25) is 5.02 Å². The molecule has 1 aliphatic rings. The molecule has 0 saturated carbocycles. The van der Waals surface area contributed by atoms with Gasteiger partial charge >= 0.3 is 6.09 Å². The van der Waals surface area contributed by atoms with Crippen LogP contribution >= 0.6 is 11.6 Å². The van der Waals surface area contributed by atoms with E-state index in [1.165, 1.54) is 12.1 Å². The maximum atomic E-state index is 14.1. The Morgan fingerprint density at radius 1 is 1.58 bits per heavy atom. The number of hydrogen-bond donors (Lipinski definition) is 1. The van der Waals surface area contributed by atoms with E-state index in [1.54, 1.807) is 4.90 Å². The number of carbonyl (C=O) groups is 1. The summed E-state index contributed by atoms with van der Waals surface area (Å²) in [6, 6.07) is 2.70. The maximum absolute atomic E-state index is 14.1. The molecule has 130 valence electrons. The van der Waals surface area contributed by atoms with E-state index in [-0.39, 0.29) is 35.6 Å². The first-order valence-electron chi connectivity index (χ1n) is 7.75. The van der Waals surface area contributed by atoms with Crippen molar-refractivity contribution in [3.63, 3.8) is 0 Å². The van der Waals surface area contributed by atoms with Crippen LogP contribution in [-0.4, -0.2) is 43.3 Å². The summed E-state index contributed by atoms with van der Waals surface area (Å²) in [7, 11) is 0. The molecule has 0 radical (unpaired) electrons. The van der Waals surface area contributed by atoms with E-state index in [1.807, 2.05) is 6.92 Å². The van der Waals surface area contributed by atoms with Crippen LogP contribution in [0.5, 0.6) is 5.75 Å². The van der Waals surface area contributed by atoms with Crippen LogP contribution in [0, 0.1) is 18.2 Å². The Balaban J connectivity index is 2.00. The van der Waals surface area contributed by atoms with Crippen molar-refractivity contribution in [3.05, 3.63) is 28.5 Å². The first kappa shape index (κ1) is 18.4. The van der Waals surface area contributed by atoms with Gasteiger partial charge in [-0.2, -0.15) is 0 Å². The standard InChI is InChI=1S/C17H20ClFN2O3/c1-3-7-23-13-8-15(18)14(16(19)9-13)11-24-17(22)21-6-5-20-10-12(21)4-2/h1,8-9,12,20H,4-7,10-11H2,2H3/t12-/m1/s1. The quantitative estimate of drug-likeness (QED) is 0.826. The smallest absolute Gasteiger partial charge is 0.410 e. The molecule has 1 heterocycles. The third kappa shape index (κ3) is 4.53. The van der Waals surface area contributed by atoms with Gasteiger partial charge in [0.15, 0.2) is 0 Å². The molecule has 1 atom stereocenters. The number of rotatable bonds is 5. The van der Waals surface area contributed by atoms with Crippen molar-refractivity contribution in [2.24, 2.45) is 0 Å². The summed E-state index contributed by atoms with van der Waals surface area (Å²) in [6.45, 7) is 3.78. The van der Waals surface area contributed by atoms with Crippen LogP contribution in [0.3, 0.4) is 0 Å². The van der Waals surface area contributed by atoms with E-state index >= 15 is 0 Å². The molecule has 2 rings (SSSR count). The number of hydrogen-bond acceptors (Lipinski definition) is 4. The summed E-state index contributed by atoms with van der Waals surface area (Å²) < 4.78 is 24.5. The molecule has 1 fully saturated rings. The van der Waals surface area contributed by atoms with Gasteiger partial charge in [-0.3, -0.25) is 0 Å². The molecule has 1 aromatic rings. The fourth-order valence-electron chi connectivity index (χ4n) is 2.51. The van der Waals surface area contributed by atoms with E-state index in [2.05, 4.69) is 11.2 Å². The van der Waals surface area contributed by atoms with Crippen LogP contribution < -0.4 is 10.1 Å². The molecule has 0 spiro atoms. The van der Waals surface area contributed by atoms with Gasteiger partial charge in [-0.1, -0.05) is 24.4 Å². The summed E-state index contributed by atoms with van der Waals surface area (Å²) in [5, 5.41) is 3.35. The van der Waals surface area contributed by atoms with Gasteiger partial charge in [-0.05, 0) is 12.5 Å². The van der Waals surface area contributed by atoms with Gasteiger partial charge in [-0.25, -0.2) is 9.18 Å². The Labute approximate surface area is 146 Å². The predicted molar refractivity (Wildman–Crippen MR) is 89.6 cm³/mol. The van der Waals surface area contributed by atoms with Gasteiger partial charge in [0.25, 0.3) is 0 Å². The fraction of sp³-hybridized carbons (Fsp3) is 0.471. The van der Waals surface area contributed by atoms with E-state index < -0.39 is 11.9 Å². The van der Waals surface area contributed by atoms with Crippen LogP contribution in [0.25, 0.3) is 0 Å². The Kier molecular flexibility index (Phi) is 6.71. The zero-order valence-corrected chi connectivity index (χ0v) is 14.2. The Morgan fingerprint density at radius 2 is 2.38 bits per heavy atom. The highest BCUT2D eigenvalue weighted by Gasteiger charge is 2.26. The van der Waals surface area contributed by atoms with Gasteiger partial charge in [0, 0.05) is 37.3 Å². The molecule has 0 aromatic heterocycles. The highest BCUT2D eigenvalue weighted by Crippen LogP contribution is 2.27. The average molecular weight is 355 g/mol. The summed E-state index contributed by atoms with van der Waals surface area (Å²) in [5.74, 6) is 1.92. The summed E-state index contributed by atoms with van der Waals surface area (Å²) in [5.41, 5.74) is 0.112. The number of halogens is 2. The van der Waals surface area contributed by atoms with Crippen molar-refractivity contribution >= 4 is 17.7 Å². The molecule has 5 nitrogen and oxygen atoms in total. The predicted octanol–water partition coefficient (Wildman–Crippen LogP) is 2.81.